The van der Waals surface area contributed by atoms with Crippen LogP contribution in [0.25, 0.3) is 0 Å². The van der Waals surface area contributed by atoms with Crippen molar-refractivity contribution in [1.82, 2.24) is 0 Å². The zero-order valence-corrected chi connectivity index (χ0v) is 14.2. The number of hydrogen-bond acceptors (Lipinski definition) is 4. The first kappa shape index (κ1) is 19.8. The van der Waals surface area contributed by atoms with E-state index < -0.39 is 41.2 Å². The van der Waals surface area contributed by atoms with Crippen LogP contribution in [0.3, 0.4) is 0 Å². The number of thioether (sulfide) groups is 1. The molecular formula is C17H13F4NO3S. The average Bonchev–Trinajstić information content (AvgIpc) is 2.58. The van der Waals surface area contributed by atoms with Crippen molar-refractivity contribution in [3.8, 4) is 0 Å². The Morgan fingerprint density at radius 3 is 2.38 bits per heavy atom. The van der Waals surface area contributed by atoms with Gasteiger partial charge < -0.3 is 10.1 Å². The summed E-state index contributed by atoms with van der Waals surface area (Å²) in [6.07, 6.45) is -1.27. The molecule has 0 fully saturated rings. The Morgan fingerprint density at radius 2 is 1.69 bits per heavy atom. The van der Waals surface area contributed by atoms with Gasteiger partial charge in [0, 0.05) is 11.0 Å². The molecule has 1 N–H and O–H groups in total. The number of halogens is 4. The van der Waals surface area contributed by atoms with Gasteiger partial charge in [-0.1, -0.05) is 0 Å². The maximum atomic E-state index is 13.5. The predicted octanol–water partition coefficient (Wildman–Crippen LogP) is 3.91. The van der Waals surface area contributed by atoms with Crippen LogP contribution in [-0.2, 0) is 14.3 Å². The maximum absolute atomic E-state index is 13.5. The Labute approximate surface area is 150 Å². The number of ether oxygens (including phenoxy) is 1. The van der Waals surface area contributed by atoms with Crippen LogP contribution in [0, 0.1) is 23.3 Å². The van der Waals surface area contributed by atoms with E-state index in [2.05, 4.69) is 5.32 Å². The highest BCUT2D eigenvalue weighted by Crippen LogP contribution is 2.23. The summed E-state index contributed by atoms with van der Waals surface area (Å²) in [6.45, 7) is 1.25. The van der Waals surface area contributed by atoms with E-state index in [9.17, 15) is 27.2 Å². The Kier molecular flexibility index (Phi) is 6.62. The van der Waals surface area contributed by atoms with Crippen molar-refractivity contribution < 1.29 is 31.9 Å². The summed E-state index contributed by atoms with van der Waals surface area (Å²) >= 11 is 0.708. The van der Waals surface area contributed by atoms with E-state index in [0.717, 1.165) is 30.3 Å². The highest BCUT2D eigenvalue weighted by molar-refractivity contribution is 8.00. The zero-order chi connectivity index (χ0) is 19.3. The van der Waals surface area contributed by atoms with Crippen molar-refractivity contribution in [3.05, 3.63) is 59.7 Å². The summed E-state index contributed by atoms with van der Waals surface area (Å²) in [5, 5.41) is 2.16. The quantitative estimate of drug-likeness (QED) is 0.464. The fourth-order valence-electron chi connectivity index (χ4n) is 1.83. The van der Waals surface area contributed by atoms with E-state index in [4.69, 9.17) is 4.74 Å². The van der Waals surface area contributed by atoms with Crippen molar-refractivity contribution in [2.75, 3.05) is 11.1 Å². The van der Waals surface area contributed by atoms with Crippen molar-refractivity contribution in [3.63, 3.8) is 0 Å². The van der Waals surface area contributed by atoms with E-state index in [-0.39, 0.29) is 16.3 Å². The number of rotatable bonds is 6. The van der Waals surface area contributed by atoms with Crippen LogP contribution in [0.2, 0.25) is 0 Å². The van der Waals surface area contributed by atoms with E-state index in [1.54, 1.807) is 0 Å². The summed E-state index contributed by atoms with van der Waals surface area (Å²) in [6, 6.07) is 5.38. The number of carbonyl (C=O) groups is 2. The number of benzene rings is 2. The molecule has 138 valence electrons. The minimum absolute atomic E-state index is 0.0764. The highest BCUT2D eigenvalue weighted by Gasteiger charge is 2.20. The maximum Gasteiger partial charge on any atom is 0.317 e. The third kappa shape index (κ3) is 5.48. The van der Waals surface area contributed by atoms with Gasteiger partial charge in [-0.05, 0) is 37.3 Å². The molecule has 0 aliphatic carbocycles. The number of amides is 1. The average molecular weight is 387 g/mol. The molecule has 0 heterocycles. The molecule has 1 amide bonds. The third-order valence-corrected chi connectivity index (χ3v) is 4.11. The lowest BCUT2D eigenvalue weighted by molar-refractivity contribution is -0.150. The lowest BCUT2D eigenvalue weighted by Crippen LogP contribution is -2.30. The Balaban J connectivity index is 1.87. The Bertz CT molecular complexity index is 832. The monoisotopic (exact) mass is 387 g/mol. The molecule has 1 atom stereocenters. The van der Waals surface area contributed by atoms with Crippen molar-refractivity contribution >= 4 is 29.3 Å². The van der Waals surface area contributed by atoms with Gasteiger partial charge in [-0.3, -0.25) is 9.59 Å². The van der Waals surface area contributed by atoms with Gasteiger partial charge in [0.05, 0.1) is 11.4 Å². The summed E-state index contributed by atoms with van der Waals surface area (Å²) in [5.74, 6) is -5.16. The van der Waals surface area contributed by atoms with Gasteiger partial charge in [-0.15, -0.1) is 11.8 Å². The van der Waals surface area contributed by atoms with Gasteiger partial charge in [-0.2, -0.15) is 0 Å². The van der Waals surface area contributed by atoms with Gasteiger partial charge in [0.1, 0.15) is 23.3 Å². The number of nitrogens with one attached hydrogen (secondary N) is 1. The largest absolute Gasteiger partial charge is 0.452 e. The van der Waals surface area contributed by atoms with Crippen molar-refractivity contribution in [2.45, 2.75) is 17.9 Å². The fourth-order valence-corrected chi connectivity index (χ4v) is 2.58. The molecule has 0 radical (unpaired) electrons. The van der Waals surface area contributed by atoms with Crippen molar-refractivity contribution in [2.24, 2.45) is 0 Å². The Hall–Kier alpha value is -2.55. The molecular weight excluding hydrogens is 374 g/mol. The van der Waals surface area contributed by atoms with Crippen LogP contribution in [0.15, 0.2) is 41.3 Å². The van der Waals surface area contributed by atoms with Gasteiger partial charge in [0.15, 0.2) is 6.10 Å². The van der Waals surface area contributed by atoms with E-state index in [1.807, 2.05) is 0 Å². The lowest BCUT2D eigenvalue weighted by atomic mass is 10.2. The van der Waals surface area contributed by atoms with Gasteiger partial charge in [-0.25, -0.2) is 17.6 Å². The normalized spacial score (nSPS) is 11.7. The number of carbonyl (C=O) groups excluding carboxylic acids is 2. The van der Waals surface area contributed by atoms with E-state index in [0.29, 0.717) is 17.8 Å². The minimum atomic E-state index is -1.27. The molecule has 4 nitrogen and oxygen atoms in total. The molecule has 2 aromatic rings. The summed E-state index contributed by atoms with van der Waals surface area (Å²) < 4.78 is 57.7. The standard InChI is InChI=1S/C17H13F4NO3S/c1-9(17(24)22-14-5-3-10(18)6-13(14)21)25-16(23)8-26-15-7-11(19)2-4-12(15)20/h2-7,9H,8H2,1H3,(H,22,24)/t9-/m1/s1. The first-order valence-corrected chi connectivity index (χ1v) is 8.28. The Morgan fingerprint density at radius 1 is 1.04 bits per heavy atom. The zero-order valence-electron chi connectivity index (χ0n) is 13.4. The highest BCUT2D eigenvalue weighted by atomic mass is 32.2. The second-order valence-corrected chi connectivity index (χ2v) is 6.13. The van der Waals surface area contributed by atoms with Crippen LogP contribution in [-0.4, -0.2) is 23.7 Å². The first-order valence-electron chi connectivity index (χ1n) is 7.29. The molecule has 0 bridgehead atoms. The summed E-state index contributed by atoms with van der Waals surface area (Å²) in [7, 11) is 0. The molecule has 0 unspecified atom stereocenters. The van der Waals surface area contributed by atoms with Crippen LogP contribution in [0.5, 0.6) is 0 Å². The predicted molar refractivity (Wildman–Crippen MR) is 87.6 cm³/mol. The van der Waals surface area contributed by atoms with Crippen molar-refractivity contribution in [1.29, 1.82) is 0 Å². The van der Waals surface area contributed by atoms with E-state index >= 15 is 0 Å². The van der Waals surface area contributed by atoms with Crippen LogP contribution < -0.4 is 5.32 Å². The molecule has 26 heavy (non-hydrogen) atoms. The molecule has 0 aliphatic heterocycles. The number of anilines is 1. The molecule has 0 aromatic heterocycles. The third-order valence-electron chi connectivity index (χ3n) is 3.11. The second-order valence-electron chi connectivity index (χ2n) is 5.11. The topological polar surface area (TPSA) is 55.4 Å². The van der Waals surface area contributed by atoms with Crippen LogP contribution in [0.4, 0.5) is 23.2 Å². The molecule has 9 heteroatoms. The smallest absolute Gasteiger partial charge is 0.317 e. The van der Waals surface area contributed by atoms with Crippen LogP contribution in [0.1, 0.15) is 6.92 Å². The molecule has 2 rings (SSSR count). The summed E-state index contributed by atoms with van der Waals surface area (Å²) in [5.41, 5.74) is -0.268. The van der Waals surface area contributed by atoms with Gasteiger partial charge in [0.2, 0.25) is 0 Å². The minimum Gasteiger partial charge on any atom is -0.452 e. The SMILES string of the molecule is C[C@@H](OC(=O)CSc1cc(F)ccc1F)C(=O)Nc1ccc(F)cc1F. The molecule has 0 aliphatic rings. The fraction of sp³-hybridized carbons (Fsp3) is 0.176. The number of hydrogen-bond donors (Lipinski definition) is 1. The second kappa shape index (κ2) is 8.70. The summed E-state index contributed by atoms with van der Waals surface area (Å²) in [4.78, 5) is 23.5. The lowest BCUT2D eigenvalue weighted by Gasteiger charge is -2.14. The van der Waals surface area contributed by atoms with Crippen LogP contribution >= 0.6 is 11.8 Å². The first-order chi connectivity index (χ1) is 12.3. The molecule has 2 aromatic carbocycles. The molecule has 0 saturated carbocycles. The number of esters is 1. The van der Waals surface area contributed by atoms with E-state index in [1.165, 1.54) is 6.92 Å². The van der Waals surface area contributed by atoms with Gasteiger partial charge in [0.25, 0.3) is 5.91 Å². The molecule has 0 saturated heterocycles. The molecule has 0 spiro atoms. The van der Waals surface area contributed by atoms with Gasteiger partial charge >= 0.3 is 5.97 Å².